The Morgan fingerprint density at radius 3 is 2.48 bits per heavy atom. The molecule has 1 aromatic heterocycles. The molecular weight excluding hydrogens is 414 g/mol. The van der Waals surface area contributed by atoms with Crippen LogP contribution in [0.4, 0.5) is 5.69 Å². The first-order valence-electron chi connectivity index (χ1n) is 9.15. The van der Waals surface area contributed by atoms with Gasteiger partial charge < -0.3 is 0 Å². The predicted molar refractivity (Wildman–Crippen MR) is 110 cm³/mol. The number of benzene rings is 1. The minimum absolute atomic E-state index is 0.179. The first kappa shape index (κ1) is 21.4. The Bertz CT molecular complexity index is 1040. The second kappa shape index (κ2) is 7.85. The number of fused-ring (bicyclic) bond motifs is 1. The van der Waals surface area contributed by atoms with E-state index >= 15 is 0 Å². The number of nitro benzene ring substituents is 1. The summed E-state index contributed by atoms with van der Waals surface area (Å²) in [6, 6.07) is 6.25. The fraction of sp³-hybridized carbons (Fsp3) is 0.421. The number of aryl methyl sites for hydroxylation is 1. The fourth-order valence-electron chi connectivity index (χ4n) is 3.36. The van der Waals surface area contributed by atoms with Gasteiger partial charge in [0.25, 0.3) is 21.6 Å². The van der Waals surface area contributed by atoms with Crippen LogP contribution in [0.5, 0.6) is 0 Å². The van der Waals surface area contributed by atoms with Crippen LogP contribution in [-0.2, 0) is 22.9 Å². The Morgan fingerprint density at radius 1 is 1.24 bits per heavy atom. The van der Waals surface area contributed by atoms with E-state index < -0.39 is 20.9 Å². The summed E-state index contributed by atoms with van der Waals surface area (Å²) >= 11 is 1.39. The van der Waals surface area contributed by atoms with Gasteiger partial charge in [0.05, 0.1) is 14.7 Å². The lowest BCUT2D eigenvalue weighted by Gasteiger charge is -2.33. The van der Waals surface area contributed by atoms with Crippen LogP contribution in [0.15, 0.2) is 35.2 Å². The number of nitrogens with zero attached hydrogens (tertiary/aromatic N) is 1. The maximum atomic E-state index is 12.4. The third-order valence-electron chi connectivity index (χ3n) is 5.19. The van der Waals surface area contributed by atoms with E-state index in [-0.39, 0.29) is 16.0 Å². The lowest BCUT2D eigenvalue weighted by molar-refractivity contribution is -0.384. The highest BCUT2D eigenvalue weighted by Crippen LogP contribution is 2.40. The molecule has 8 nitrogen and oxygen atoms in total. The Kier molecular flexibility index (Phi) is 5.79. The summed E-state index contributed by atoms with van der Waals surface area (Å²) in [5.74, 6) is 0.0170. The van der Waals surface area contributed by atoms with E-state index in [4.69, 9.17) is 0 Å². The molecule has 2 aromatic rings. The highest BCUT2D eigenvalue weighted by Gasteiger charge is 2.30. The van der Waals surface area contributed by atoms with Crippen molar-refractivity contribution in [3.63, 3.8) is 0 Å². The van der Waals surface area contributed by atoms with Crippen molar-refractivity contribution in [3.05, 3.63) is 55.8 Å². The summed E-state index contributed by atoms with van der Waals surface area (Å²) in [6.07, 6.45) is 2.91. The largest absolute Gasteiger partial charge is 0.276 e. The lowest BCUT2D eigenvalue weighted by atomic mass is 9.72. The van der Waals surface area contributed by atoms with Crippen LogP contribution in [0.1, 0.15) is 47.3 Å². The molecule has 1 aliphatic carbocycles. The second-order valence-corrected chi connectivity index (χ2v) is 11.0. The number of hydrogen-bond acceptors (Lipinski definition) is 6. The molecule has 0 spiro atoms. The van der Waals surface area contributed by atoms with Gasteiger partial charge in [-0.15, -0.1) is 16.2 Å². The van der Waals surface area contributed by atoms with Gasteiger partial charge in [0.1, 0.15) is 0 Å². The molecule has 1 aromatic carbocycles. The molecule has 156 valence electrons. The monoisotopic (exact) mass is 437 g/mol. The number of hydrogen-bond donors (Lipinski definition) is 2. The van der Waals surface area contributed by atoms with Gasteiger partial charge in [-0.1, -0.05) is 20.8 Å². The zero-order valence-electron chi connectivity index (χ0n) is 16.4. The number of nitrogens with one attached hydrogen (secondary N) is 2. The second-order valence-electron chi connectivity index (χ2n) is 8.18. The van der Waals surface area contributed by atoms with Crippen LogP contribution in [0.2, 0.25) is 0 Å². The highest BCUT2D eigenvalue weighted by molar-refractivity contribution is 7.89. The predicted octanol–water partition coefficient (Wildman–Crippen LogP) is 3.43. The molecule has 1 atom stereocenters. The van der Waals surface area contributed by atoms with E-state index in [2.05, 4.69) is 26.2 Å². The molecule has 0 aliphatic heterocycles. The molecule has 1 aliphatic rings. The van der Waals surface area contributed by atoms with E-state index in [1.54, 1.807) is 0 Å². The number of sulfonamides is 1. The molecule has 0 fully saturated rings. The van der Waals surface area contributed by atoms with Crippen LogP contribution in [0.3, 0.4) is 0 Å². The van der Waals surface area contributed by atoms with E-state index in [0.717, 1.165) is 49.1 Å². The fourth-order valence-corrected chi connectivity index (χ4v) is 5.30. The standard InChI is InChI=1S/C19H23N3O5S2/c1-19(2,3)13-4-9-16-12(10-13)11-17(28-16)18(23)20-21-29(26,27)15-7-5-14(6-8-15)22(24)25/h5-8,11,13,21H,4,9-10H2,1-3H3,(H,20,23). The Labute approximate surface area is 173 Å². The Morgan fingerprint density at radius 2 is 1.90 bits per heavy atom. The highest BCUT2D eigenvalue weighted by atomic mass is 32.2. The molecule has 29 heavy (non-hydrogen) atoms. The summed E-state index contributed by atoms with van der Waals surface area (Å²) in [7, 11) is -4.04. The van der Waals surface area contributed by atoms with E-state index in [1.807, 2.05) is 10.9 Å². The molecule has 10 heteroatoms. The molecular formula is C19H23N3O5S2. The number of carbonyl (C=O) groups excluding carboxylic acids is 1. The zero-order valence-corrected chi connectivity index (χ0v) is 18.0. The minimum Gasteiger partial charge on any atom is -0.273 e. The first-order chi connectivity index (χ1) is 13.5. The number of non-ortho nitro benzene ring substituents is 1. The SMILES string of the molecule is CC(C)(C)C1CCc2sc(C(=O)NNS(=O)(=O)c3ccc([N+](=O)[O-])cc3)cc2C1. The molecule has 1 heterocycles. The van der Waals surface area contributed by atoms with Crippen LogP contribution in [0.25, 0.3) is 0 Å². The maximum Gasteiger partial charge on any atom is 0.276 e. The van der Waals surface area contributed by atoms with Gasteiger partial charge in [-0.25, -0.2) is 8.42 Å². The van der Waals surface area contributed by atoms with Gasteiger partial charge in [0.2, 0.25) is 0 Å². The molecule has 0 saturated carbocycles. The third-order valence-corrected chi connectivity index (χ3v) is 7.69. The minimum atomic E-state index is -4.04. The molecule has 0 bridgehead atoms. The molecule has 1 amide bonds. The zero-order chi connectivity index (χ0) is 21.4. The number of hydrazine groups is 1. The molecule has 3 rings (SSSR count). The van der Waals surface area contributed by atoms with Crippen molar-refractivity contribution in [1.29, 1.82) is 0 Å². The molecule has 2 N–H and O–H groups in total. The number of nitro groups is 1. The lowest BCUT2D eigenvalue weighted by Crippen LogP contribution is -2.41. The van der Waals surface area contributed by atoms with Crippen molar-refractivity contribution in [3.8, 4) is 0 Å². The number of carbonyl (C=O) groups is 1. The van der Waals surface area contributed by atoms with E-state index in [0.29, 0.717) is 10.8 Å². The van der Waals surface area contributed by atoms with Crippen molar-refractivity contribution >= 4 is 33.0 Å². The van der Waals surface area contributed by atoms with Crippen molar-refractivity contribution in [2.75, 3.05) is 0 Å². The summed E-state index contributed by atoms with van der Waals surface area (Å²) in [5, 5.41) is 10.7. The van der Waals surface area contributed by atoms with Crippen LogP contribution in [0, 0.1) is 21.4 Å². The molecule has 0 saturated heterocycles. The summed E-state index contributed by atoms with van der Waals surface area (Å²) in [5.41, 5.74) is 3.36. The molecule has 1 unspecified atom stereocenters. The topological polar surface area (TPSA) is 118 Å². The summed E-state index contributed by atoms with van der Waals surface area (Å²) < 4.78 is 24.6. The summed E-state index contributed by atoms with van der Waals surface area (Å²) in [6.45, 7) is 6.65. The molecule has 0 radical (unpaired) electrons. The van der Waals surface area contributed by atoms with Gasteiger partial charge in [-0.3, -0.25) is 20.3 Å². The van der Waals surface area contributed by atoms with Crippen molar-refractivity contribution in [2.45, 2.75) is 44.9 Å². The quantitative estimate of drug-likeness (QED) is 0.549. The number of amides is 1. The van der Waals surface area contributed by atoms with Gasteiger partial charge >= 0.3 is 0 Å². The number of rotatable bonds is 5. The maximum absolute atomic E-state index is 12.4. The van der Waals surface area contributed by atoms with Gasteiger partial charge in [-0.05, 0) is 54.4 Å². The van der Waals surface area contributed by atoms with Crippen molar-refractivity contribution in [1.82, 2.24) is 10.3 Å². The average molecular weight is 438 g/mol. The van der Waals surface area contributed by atoms with Gasteiger partial charge in [0, 0.05) is 17.0 Å². The van der Waals surface area contributed by atoms with E-state index in [1.165, 1.54) is 16.2 Å². The Hall–Kier alpha value is -2.30. The van der Waals surface area contributed by atoms with E-state index in [9.17, 15) is 23.3 Å². The normalized spacial score (nSPS) is 16.9. The van der Waals surface area contributed by atoms with Crippen LogP contribution < -0.4 is 10.3 Å². The number of thiophene rings is 1. The van der Waals surface area contributed by atoms with Gasteiger partial charge in [-0.2, -0.15) is 0 Å². The Balaban J connectivity index is 1.67. The first-order valence-corrected chi connectivity index (χ1v) is 11.5. The third kappa shape index (κ3) is 4.82. The van der Waals surface area contributed by atoms with Gasteiger partial charge in [0.15, 0.2) is 0 Å². The van der Waals surface area contributed by atoms with Crippen LogP contribution in [-0.4, -0.2) is 19.2 Å². The van der Waals surface area contributed by atoms with Crippen LogP contribution >= 0.6 is 11.3 Å². The average Bonchev–Trinajstić information content (AvgIpc) is 3.09. The summed E-state index contributed by atoms with van der Waals surface area (Å²) in [4.78, 5) is 26.0. The van der Waals surface area contributed by atoms with Crippen molar-refractivity contribution < 1.29 is 18.1 Å². The smallest absolute Gasteiger partial charge is 0.273 e. The van der Waals surface area contributed by atoms with Crippen molar-refractivity contribution in [2.24, 2.45) is 11.3 Å².